The number of aromatic nitrogens is 2. The number of carbonyl (C=O) groups excluding carboxylic acids is 1. The van der Waals surface area contributed by atoms with Crippen LogP contribution in [0.1, 0.15) is 27.6 Å². The summed E-state index contributed by atoms with van der Waals surface area (Å²) >= 11 is 0. The summed E-state index contributed by atoms with van der Waals surface area (Å²) in [5.74, 6) is 1.18. The van der Waals surface area contributed by atoms with E-state index in [2.05, 4.69) is 50.0 Å². The molecule has 0 atom stereocenters. The van der Waals surface area contributed by atoms with Crippen molar-refractivity contribution in [2.24, 2.45) is 4.99 Å². The van der Waals surface area contributed by atoms with Crippen LogP contribution in [0.2, 0.25) is 0 Å². The zero-order chi connectivity index (χ0) is 17.6. The summed E-state index contributed by atoms with van der Waals surface area (Å²) < 4.78 is 5.01. The standard InChI is InChI=1S/C17H22N6O2/c1-18-11-14-21-16(25-22-14)17(24)23(2)10-7-12-3-5-13(6-4-12)15-19-8-9-20-15/h3-6,18H,7-11H2,1-2H3,(H,19,20). The number of likely N-dealkylation sites (N-methyl/N-ethyl adjacent to an activating group) is 1. The van der Waals surface area contributed by atoms with Gasteiger partial charge in [-0.3, -0.25) is 9.79 Å². The second-order valence-electron chi connectivity index (χ2n) is 5.88. The van der Waals surface area contributed by atoms with E-state index < -0.39 is 0 Å². The lowest BCUT2D eigenvalue weighted by atomic mass is 10.1. The molecular weight excluding hydrogens is 320 g/mol. The smallest absolute Gasteiger partial charge is 0.316 e. The molecule has 8 heteroatoms. The van der Waals surface area contributed by atoms with Crippen LogP contribution in [-0.4, -0.2) is 60.5 Å². The van der Waals surface area contributed by atoms with Gasteiger partial charge in [-0.25, -0.2) is 0 Å². The molecule has 2 heterocycles. The van der Waals surface area contributed by atoms with Crippen LogP contribution < -0.4 is 10.6 Å². The van der Waals surface area contributed by atoms with Crippen molar-refractivity contribution in [1.29, 1.82) is 0 Å². The predicted octanol–water partition coefficient (Wildman–Crippen LogP) is 0.454. The van der Waals surface area contributed by atoms with Crippen LogP contribution >= 0.6 is 0 Å². The van der Waals surface area contributed by atoms with Gasteiger partial charge in [-0.15, -0.1) is 0 Å². The number of aliphatic imine (C=N–C) groups is 1. The van der Waals surface area contributed by atoms with E-state index in [4.69, 9.17) is 4.52 Å². The van der Waals surface area contributed by atoms with E-state index in [1.165, 1.54) is 0 Å². The minimum absolute atomic E-state index is 0.0217. The lowest BCUT2D eigenvalue weighted by Gasteiger charge is -2.14. The number of hydrogen-bond donors (Lipinski definition) is 2. The molecule has 3 rings (SSSR count). The van der Waals surface area contributed by atoms with Gasteiger partial charge in [0.25, 0.3) is 0 Å². The van der Waals surface area contributed by atoms with Gasteiger partial charge in [0.05, 0.1) is 13.1 Å². The quantitative estimate of drug-likeness (QED) is 0.759. The highest BCUT2D eigenvalue weighted by atomic mass is 16.5. The van der Waals surface area contributed by atoms with Crippen molar-refractivity contribution in [1.82, 2.24) is 25.7 Å². The summed E-state index contributed by atoms with van der Waals surface area (Å²) in [4.78, 5) is 22.4. The minimum Gasteiger partial charge on any atom is -0.368 e. The molecule has 132 valence electrons. The van der Waals surface area contributed by atoms with Crippen LogP contribution in [-0.2, 0) is 13.0 Å². The number of nitrogens with one attached hydrogen (secondary N) is 2. The Morgan fingerprint density at radius 2 is 2.16 bits per heavy atom. The SMILES string of the molecule is CNCc1noc(C(=O)N(C)CCc2ccc(C3=NCCN3)cc2)n1. The van der Waals surface area contributed by atoms with Crippen LogP contribution in [0.4, 0.5) is 0 Å². The van der Waals surface area contributed by atoms with E-state index in [0.717, 1.165) is 36.5 Å². The van der Waals surface area contributed by atoms with Crippen molar-refractivity contribution >= 4 is 11.7 Å². The number of benzene rings is 1. The first-order valence-corrected chi connectivity index (χ1v) is 8.27. The Kier molecular flexibility index (Phi) is 5.39. The number of rotatable bonds is 7. The van der Waals surface area contributed by atoms with E-state index in [1.54, 1.807) is 19.0 Å². The Balaban J connectivity index is 1.54. The average Bonchev–Trinajstić information content (AvgIpc) is 3.32. The van der Waals surface area contributed by atoms with Crippen LogP contribution in [0.15, 0.2) is 33.8 Å². The second-order valence-corrected chi connectivity index (χ2v) is 5.88. The molecule has 0 radical (unpaired) electrons. The van der Waals surface area contributed by atoms with Gasteiger partial charge in [0.2, 0.25) is 0 Å². The molecule has 1 aromatic carbocycles. The fraction of sp³-hybridized carbons (Fsp3) is 0.412. The molecule has 1 aliphatic heterocycles. The van der Waals surface area contributed by atoms with Crippen LogP contribution in [0, 0.1) is 0 Å². The number of amidine groups is 1. The van der Waals surface area contributed by atoms with Crippen LogP contribution in [0.25, 0.3) is 0 Å². The van der Waals surface area contributed by atoms with E-state index >= 15 is 0 Å². The Morgan fingerprint density at radius 3 is 2.84 bits per heavy atom. The predicted molar refractivity (Wildman–Crippen MR) is 93.6 cm³/mol. The van der Waals surface area contributed by atoms with Gasteiger partial charge in [-0.1, -0.05) is 29.4 Å². The Bertz CT molecular complexity index is 753. The largest absolute Gasteiger partial charge is 0.368 e. The molecule has 25 heavy (non-hydrogen) atoms. The van der Waals surface area contributed by atoms with Crippen molar-refractivity contribution < 1.29 is 9.32 Å². The Labute approximate surface area is 146 Å². The first kappa shape index (κ1) is 17.1. The molecule has 2 N–H and O–H groups in total. The maximum atomic E-state index is 12.3. The van der Waals surface area contributed by atoms with Crippen molar-refractivity contribution in [3.63, 3.8) is 0 Å². The zero-order valence-electron chi connectivity index (χ0n) is 14.5. The van der Waals surface area contributed by atoms with Gasteiger partial charge in [-0.05, 0) is 19.0 Å². The maximum absolute atomic E-state index is 12.3. The van der Waals surface area contributed by atoms with Crippen molar-refractivity contribution in [2.75, 3.05) is 33.7 Å². The second kappa shape index (κ2) is 7.89. The fourth-order valence-electron chi connectivity index (χ4n) is 2.55. The van der Waals surface area contributed by atoms with Crippen LogP contribution in [0.5, 0.6) is 0 Å². The third-order valence-electron chi connectivity index (χ3n) is 3.97. The van der Waals surface area contributed by atoms with Gasteiger partial charge in [-0.2, -0.15) is 4.98 Å². The van der Waals surface area contributed by atoms with Gasteiger partial charge in [0.1, 0.15) is 5.84 Å². The number of hydrogen-bond acceptors (Lipinski definition) is 7. The first-order chi connectivity index (χ1) is 12.2. The van der Waals surface area contributed by atoms with Gasteiger partial charge in [0, 0.05) is 25.7 Å². The first-order valence-electron chi connectivity index (χ1n) is 8.27. The molecule has 0 spiro atoms. The van der Waals surface area contributed by atoms with Crippen molar-refractivity contribution in [3.8, 4) is 0 Å². The molecule has 0 fully saturated rings. The van der Waals surface area contributed by atoms with Crippen molar-refractivity contribution in [2.45, 2.75) is 13.0 Å². The molecule has 0 aliphatic carbocycles. The third-order valence-corrected chi connectivity index (χ3v) is 3.97. The molecule has 8 nitrogen and oxygen atoms in total. The van der Waals surface area contributed by atoms with Crippen LogP contribution in [0.3, 0.4) is 0 Å². The van der Waals surface area contributed by atoms with Gasteiger partial charge >= 0.3 is 11.8 Å². The molecule has 0 bridgehead atoms. The number of carbonyl (C=O) groups is 1. The average molecular weight is 342 g/mol. The molecule has 0 unspecified atom stereocenters. The third kappa shape index (κ3) is 4.21. The molecule has 1 amide bonds. The summed E-state index contributed by atoms with van der Waals surface area (Å²) in [6.45, 7) is 2.76. The lowest BCUT2D eigenvalue weighted by Crippen LogP contribution is -2.29. The lowest BCUT2D eigenvalue weighted by molar-refractivity contribution is 0.0747. The molecule has 0 saturated heterocycles. The highest BCUT2D eigenvalue weighted by Crippen LogP contribution is 2.09. The Hall–Kier alpha value is -2.74. The fourth-order valence-corrected chi connectivity index (χ4v) is 2.55. The number of amides is 1. The molecule has 1 aromatic heterocycles. The molecular formula is C17H22N6O2. The summed E-state index contributed by atoms with van der Waals surface area (Å²) in [7, 11) is 3.51. The van der Waals surface area contributed by atoms with E-state index in [0.29, 0.717) is 18.9 Å². The topological polar surface area (TPSA) is 95.7 Å². The summed E-state index contributed by atoms with van der Waals surface area (Å²) in [6, 6.07) is 8.23. The molecule has 0 saturated carbocycles. The highest BCUT2D eigenvalue weighted by Gasteiger charge is 2.19. The minimum atomic E-state index is -0.268. The maximum Gasteiger partial charge on any atom is 0.316 e. The summed E-state index contributed by atoms with van der Waals surface area (Å²) in [5, 5.41) is 9.93. The summed E-state index contributed by atoms with van der Waals surface area (Å²) in [5.41, 5.74) is 2.25. The zero-order valence-corrected chi connectivity index (χ0v) is 14.5. The Morgan fingerprint density at radius 1 is 1.36 bits per heavy atom. The highest BCUT2D eigenvalue weighted by molar-refractivity contribution is 5.99. The van der Waals surface area contributed by atoms with Gasteiger partial charge in [0.15, 0.2) is 5.82 Å². The monoisotopic (exact) mass is 342 g/mol. The van der Waals surface area contributed by atoms with Gasteiger partial charge < -0.3 is 20.1 Å². The van der Waals surface area contributed by atoms with E-state index in [1.807, 2.05) is 0 Å². The van der Waals surface area contributed by atoms with E-state index in [-0.39, 0.29) is 11.8 Å². The number of nitrogens with zero attached hydrogens (tertiary/aromatic N) is 4. The molecule has 1 aliphatic rings. The summed E-state index contributed by atoms with van der Waals surface area (Å²) in [6.07, 6.45) is 0.750. The normalized spacial score (nSPS) is 13.4. The molecule has 2 aromatic rings. The van der Waals surface area contributed by atoms with Crippen molar-refractivity contribution in [3.05, 3.63) is 47.1 Å². The van der Waals surface area contributed by atoms with E-state index in [9.17, 15) is 4.79 Å².